The number of fused-ring (bicyclic) bond motifs is 1. The predicted molar refractivity (Wildman–Crippen MR) is 103 cm³/mol. The first-order valence-electron chi connectivity index (χ1n) is 9.01. The van der Waals surface area contributed by atoms with Crippen LogP contribution in [0.25, 0.3) is 6.08 Å². The highest BCUT2D eigenvalue weighted by atomic mass is 16.5. The largest absolute Gasteiger partial charge is 0.452 e. The summed E-state index contributed by atoms with van der Waals surface area (Å²) in [4.78, 5) is 26.6. The third-order valence-corrected chi connectivity index (χ3v) is 4.87. The van der Waals surface area contributed by atoms with Crippen molar-refractivity contribution in [1.29, 1.82) is 0 Å². The van der Waals surface area contributed by atoms with E-state index < -0.39 is 0 Å². The van der Waals surface area contributed by atoms with Crippen molar-refractivity contribution in [3.63, 3.8) is 0 Å². The van der Waals surface area contributed by atoms with Gasteiger partial charge in [0.05, 0.1) is 11.5 Å². The summed E-state index contributed by atoms with van der Waals surface area (Å²) in [6.45, 7) is 1.80. The maximum absolute atomic E-state index is 12.7. The Bertz CT molecular complexity index is 953. The lowest BCUT2D eigenvalue weighted by atomic mass is 10.1. The van der Waals surface area contributed by atoms with Gasteiger partial charge in [-0.05, 0) is 55.7 Å². The summed E-state index contributed by atoms with van der Waals surface area (Å²) < 4.78 is 11.3. The molecule has 1 fully saturated rings. The third kappa shape index (κ3) is 3.33. The Morgan fingerprint density at radius 1 is 1.15 bits per heavy atom. The summed E-state index contributed by atoms with van der Waals surface area (Å²) in [6.07, 6.45) is 3.51. The molecule has 0 radical (unpaired) electrons. The van der Waals surface area contributed by atoms with E-state index in [1.54, 1.807) is 25.1 Å². The molecule has 0 saturated heterocycles. The van der Waals surface area contributed by atoms with Crippen LogP contribution in [0.15, 0.2) is 42.2 Å². The summed E-state index contributed by atoms with van der Waals surface area (Å²) in [5.41, 5.74) is 3.13. The van der Waals surface area contributed by atoms with Crippen LogP contribution in [-0.4, -0.2) is 25.8 Å². The van der Waals surface area contributed by atoms with E-state index in [0.717, 1.165) is 24.1 Å². The second-order valence-corrected chi connectivity index (χ2v) is 7.19. The van der Waals surface area contributed by atoms with E-state index in [4.69, 9.17) is 9.47 Å². The minimum Gasteiger partial charge on any atom is -0.452 e. The number of hydrogen-bond acceptors (Lipinski definition) is 5. The molecule has 2 aromatic carbocycles. The molecule has 0 aromatic heterocycles. The molecule has 27 heavy (non-hydrogen) atoms. The standard InChI is InChI=1S/C22H21NO4/c1-13-18(27-22(25)15-6-7-15)11-10-17-20(24)19(26-21(13)17)12-14-4-8-16(9-5-14)23(2)3/h4-5,8-12,15H,6-7H2,1-3H3/b19-12-. The zero-order chi connectivity index (χ0) is 19.1. The Balaban J connectivity index is 1.59. The van der Waals surface area contributed by atoms with Crippen molar-refractivity contribution in [3.8, 4) is 11.5 Å². The number of carbonyl (C=O) groups excluding carboxylic acids is 2. The van der Waals surface area contributed by atoms with Gasteiger partial charge >= 0.3 is 5.97 Å². The van der Waals surface area contributed by atoms with Crippen LogP contribution in [0, 0.1) is 12.8 Å². The molecule has 2 aliphatic rings. The number of hydrogen-bond donors (Lipinski definition) is 0. The minimum atomic E-state index is -0.209. The van der Waals surface area contributed by atoms with Crippen LogP contribution in [-0.2, 0) is 4.79 Å². The molecule has 4 rings (SSSR count). The average Bonchev–Trinajstić information content (AvgIpc) is 3.45. The van der Waals surface area contributed by atoms with Crippen LogP contribution in [0.1, 0.15) is 34.3 Å². The fraction of sp³-hybridized carbons (Fsp3) is 0.273. The number of rotatable bonds is 4. The molecule has 0 amide bonds. The Kier molecular flexibility index (Phi) is 4.22. The van der Waals surface area contributed by atoms with Gasteiger partial charge in [-0.2, -0.15) is 0 Å². The van der Waals surface area contributed by atoms with Gasteiger partial charge in [-0.25, -0.2) is 0 Å². The lowest BCUT2D eigenvalue weighted by molar-refractivity contribution is -0.135. The fourth-order valence-corrected chi connectivity index (χ4v) is 3.01. The van der Waals surface area contributed by atoms with Crippen molar-refractivity contribution in [2.45, 2.75) is 19.8 Å². The lowest BCUT2D eigenvalue weighted by Gasteiger charge is -2.12. The van der Waals surface area contributed by atoms with Crippen LogP contribution in [0.3, 0.4) is 0 Å². The highest BCUT2D eigenvalue weighted by Gasteiger charge is 2.34. The number of carbonyl (C=O) groups is 2. The average molecular weight is 363 g/mol. The van der Waals surface area contributed by atoms with E-state index in [2.05, 4.69) is 0 Å². The van der Waals surface area contributed by atoms with E-state index in [9.17, 15) is 9.59 Å². The van der Waals surface area contributed by atoms with Gasteiger partial charge in [0.1, 0.15) is 11.5 Å². The number of ketones is 1. The van der Waals surface area contributed by atoms with Crippen LogP contribution in [0.2, 0.25) is 0 Å². The summed E-state index contributed by atoms with van der Waals surface area (Å²) in [5, 5.41) is 0. The van der Waals surface area contributed by atoms with Crippen LogP contribution < -0.4 is 14.4 Å². The molecule has 0 N–H and O–H groups in total. The molecule has 1 heterocycles. The van der Waals surface area contributed by atoms with Crippen molar-refractivity contribution < 1.29 is 19.1 Å². The van der Waals surface area contributed by atoms with Gasteiger partial charge in [0.25, 0.3) is 0 Å². The SMILES string of the molecule is Cc1c(OC(=O)C2CC2)ccc2c1O/C(=C\c1ccc(N(C)C)cc1)C2=O. The maximum atomic E-state index is 12.7. The molecule has 0 atom stereocenters. The zero-order valence-electron chi connectivity index (χ0n) is 15.6. The number of benzene rings is 2. The monoisotopic (exact) mass is 363 g/mol. The van der Waals surface area contributed by atoms with Crippen molar-refractivity contribution in [2.75, 3.05) is 19.0 Å². The summed E-state index contributed by atoms with van der Waals surface area (Å²) >= 11 is 0. The van der Waals surface area contributed by atoms with Gasteiger partial charge in [0, 0.05) is 25.3 Å². The van der Waals surface area contributed by atoms with Gasteiger partial charge < -0.3 is 14.4 Å². The van der Waals surface area contributed by atoms with Crippen molar-refractivity contribution in [1.82, 2.24) is 0 Å². The Morgan fingerprint density at radius 2 is 1.85 bits per heavy atom. The quantitative estimate of drug-likeness (QED) is 0.467. The molecule has 2 aromatic rings. The van der Waals surface area contributed by atoms with E-state index in [1.165, 1.54) is 0 Å². The number of allylic oxidation sites excluding steroid dienone is 1. The molecule has 5 heteroatoms. The van der Waals surface area contributed by atoms with Gasteiger partial charge in [-0.15, -0.1) is 0 Å². The second kappa shape index (κ2) is 6.58. The number of ether oxygens (including phenoxy) is 2. The summed E-state index contributed by atoms with van der Waals surface area (Å²) in [5.74, 6) is 0.841. The molecule has 1 saturated carbocycles. The second-order valence-electron chi connectivity index (χ2n) is 7.19. The molecule has 0 spiro atoms. The molecular weight excluding hydrogens is 342 g/mol. The van der Waals surface area contributed by atoms with Crippen LogP contribution in [0.4, 0.5) is 5.69 Å². The smallest absolute Gasteiger partial charge is 0.314 e. The molecule has 0 unspecified atom stereocenters. The summed E-state index contributed by atoms with van der Waals surface area (Å²) in [7, 11) is 3.95. The van der Waals surface area contributed by atoms with Crippen molar-refractivity contribution in [2.24, 2.45) is 5.92 Å². The minimum absolute atomic E-state index is 0.0146. The first-order valence-corrected chi connectivity index (χ1v) is 9.01. The van der Waals surface area contributed by atoms with Crippen LogP contribution >= 0.6 is 0 Å². The third-order valence-electron chi connectivity index (χ3n) is 4.87. The topological polar surface area (TPSA) is 55.8 Å². The predicted octanol–water partition coefficient (Wildman–Crippen LogP) is 3.99. The maximum Gasteiger partial charge on any atom is 0.314 e. The van der Waals surface area contributed by atoms with Gasteiger partial charge in [0.2, 0.25) is 5.78 Å². The number of esters is 1. The van der Waals surface area contributed by atoms with Crippen molar-refractivity contribution >= 4 is 23.5 Å². The number of nitrogens with zero attached hydrogens (tertiary/aromatic N) is 1. The van der Waals surface area contributed by atoms with Crippen LogP contribution in [0.5, 0.6) is 11.5 Å². The highest BCUT2D eigenvalue weighted by Crippen LogP contribution is 2.40. The number of Topliss-reactive ketones (excluding diaryl/α,β-unsaturated/α-hetero) is 1. The van der Waals surface area contributed by atoms with E-state index in [-0.39, 0.29) is 23.4 Å². The van der Waals surface area contributed by atoms with Crippen molar-refractivity contribution in [3.05, 3.63) is 58.8 Å². The van der Waals surface area contributed by atoms with Gasteiger partial charge in [-0.1, -0.05) is 12.1 Å². The zero-order valence-corrected chi connectivity index (χ0v) is 15.6. The lowest BCUT2D eigenvalue weighted by Crippen LogP contribution is -2.10. The van der Waals surface area contributed by atoms with E-state index in [1.807, 2.05) is 43.3 Å². The molecule has 5 nitrogen and oxygen atoms in total. The molecule has 1 aliphatic carbocycles. The van der Waals surface area contributed by atoms with E-state index in [0.29, 0.717) is 22.6 Å². The molecular formula is C22H21NO4. The molecule has 1 aliphatic heterocycles. The number of anilines is 1. The Labute approximate surface area is 158 Å². The Hall–Kier alpha value is -3.08. The fourth-order valence-electron chi connectivity index (χ4n) is 3.01. The Morgan fingerprint density at radius 3 is 2.48 bits per heavy atom. The van der Waals surface area contributed by atoms with Gasteiger partial charge in [0.15, 0.2) is 5.76 Å². The molecule has 0 bridgehead atoms. The van der Waals surface area contributed by atoms with Gasteiger partial charge in [-0.3, -0.25) is 9.59 Å². The first-order chi connectivity index (χ1) is 12.9. The normalized spacial score (nSPS) is 16.9. The molecule has 138 valence electrons. The highest BCUT2D eigenvalue weighted by molar-refractivity contribution is 6.15. The summed E-state index contributed by atoms with van der Waals surface area (Å²) in [6, 6.07) is 11.2. The van der Waals surface area contributed by atoms with E-state index >= 15 is 0 Å². The first kappa shape index (κ1) is 17.3.